The second-order valence-electron chi connectivity index (χ2n) is 3.08. The zero-order valence-electron chi connectivity index (χ0n) is 8.84. The van der Waals surface area contributed by atoms with Crippen LogP contribution >= 0.6 is 15.9 Å². The maximum atomic E-state index is 11.0. The number of esters is 1. The van der Waals surface area contributed by atoms with Crippen LogP contribution in [-0.4, -0.2) is 19.6 Å². The van der Waals surface area contributed by atoms with Crippen molar-refractivity contribution in [1.29, 1.82) is 0 Å². The van der Waals surface area contributed by atoms with Crippen molar-refractivity contribution in [2.45, 2.75) is 13.3 Å². The van der Waals surface area contributed by atoms with Gasteiger partial charge in [0, 0.05) is 10.2 Å². The minimum absolute atomic E-state index is 0.200. The molecule has 0 saturated heterocycles. The molecule has 0 heterocycles. The molecule has 15 heavy (non-hydrogen) atoms. The molecule has 0 amide bonds. The van der Waals surface area contributed by atoms with Crippen molar-refractivity contribution in [3.05, 3.63) is 28.2 Å². The molecule has 3 nitrogen and oxygen atoms in total. The molecule has 0 saturated carbocycles. The highest BCUT2D eigenvalue weighted by molar-refractivity contribution is 9.10. The summed E-state index contributed by atoms with van der Waals surface area (Å²) in [4.78, 5) is 11.0. The highest BCUT2D eigenvalue weighted by Gasteiger charge is 2.04. The predicted octanol–water partition coefficient (Wildman–Crippen LogP) is 2.60. The molecule has 0 spiro atoms. The van der Waals surface area contributed by atoms with Gasteiger partial charge in [0.05, 0.1) is 7.11 Å². The zero-order chi connectivity index (χ0) is 11.3. The lowest BCUT2D eigenvalue weighted by atomic mass is 10.1. The Morgan fingerprint density at radius 2 is 2.27 bits per heavy atom. The number of aryl methyl sites for hydroxylation is 1. The summed E-state index contributed by atoms with van der Waals surface area (Å²) in [6.45, 7) is 2.27. The van der Waals surface area contributed by atoms with Gasteiger partial charge in [0.15, 0.2) is 0 Å². The van der Waals surface area contributed by atoms with Gasteiger partial charge in [-0.3, -0.25) is 4.79 Å². The monoisotopic (exact) mass is 271 g/mol. The fourth-order valence-electron chi connectivity index (χ4n) is 1.27. The molecule has 0 aliphatic rings. The van der Waals surface area contributed by atoms with E-state index in [1.807, 2.05) is 18.2 Å². The summed E-state index contributed by atoms with van der Waals surface area (Å²) < 4.78 is 5.60. The summed E-state index contributed by atoms with van der Waals surface area (Å²) in [5, 5.41) is 3.05. The molecule has 4 heteroatoms. The van der Waals surface area contributed by atoms with Crippen LogP contribution in [0.1, 0.15) is 12.5 Å². The van der Waals surface area contributed by atoms with Crippen molar-refractivity contribution < 1.29 is 9.53 Å². The van der Waals surface area contributed by atoms with E-state index in [1.54, 1.807) is 0 Å². The average Bonchev–Trinajstić information content (AvgIpc) is 2.26. The minimum Gasteiger partial charge on any atom is -0.468 e. The van der Waals surface area contributed by atoms with E-state index in [1.165, 1.54) is 12.7 Å². The molecule has 0 unspecified atom stereocenters. The second kappa shape index (κ2) is 5.75. The first kappa shape index (κ1) is 12.0. The summed E-state index contributed by atoms with van der Waals surface area (Å²) in [7, 11) is 1.38. The van der Waals surface area contributed by atoms with E-state index in [9.17, 15) is 4.79 Å². The third kappa shape index (κ3) is 3.55. The molecule has 0 aliphatic carbocycles. The normalized spacial score (nSPS) is 9.80. The number of ether oxygens (including phenoxy) is 1. The third-order valence-electron chi connectivity index (χ3n) is 2.10. The topological polar surface area (TPSA) is 38.3 Å². The summed E-state index contributed by atoms with van der Waals surface area (Å²) in [5.74, 6) is -0.264. The Labute approximate surface area is 97.9 Å². The summed E-state index contributed by atoms with van der Waals surface area (Å²) >= 11 is 3.41. The molecule has 1 N–H and O–H groups in total. The van der Waals surface area contributed by atoms with Crippen molar-refractivity contribution in [1.82, 2.24) is 0 Å². The standard InChI is InChI=1S/C11H14BrNO2/c1-3-8-6-9(12)4-5-10(8)13-7-11(14)15-2/h4-6,13H,3,7H2,1-2H3. The van der Waals surface area contributed by atoms with E-state index in [2.05, 4.69) is 32.9 Å². The van der Waals surface area contributed by atoms with Crippen LogP contribution < -0.4 is 5.32 Å². The van der Waals surface area contributed by atoms with E-state index >= 15 is 0 Å². The summed E-state index contributed by atoms with van der Waals surface area (Å²) in [6.07, 6.45) is 0.920. The van der Waals surface area contributed by atoms with Crippen molar-refractivity contribution in [2.75, 3.05) is 19.0 Å². The molecule has 0 fully saturated rings. The van der Waals surface area contributed by atoms with E-state index in [0.29, 0.717) is 0 Å². The van der Waals surface area contributed by atoms with Gasteiger partial charge in [0.25, 0.3) is 0 Å². The smallest absolute Gasteiger partial charge is 0.325 e. The van der Waals surface area contributed by atoms with Crippen LogP contribution in [0.25, 0.3) is 0 Å². The number of nitrogens with one attached hydrogen (secondary N) is 1. The maximum Gasteiger partial charge on any atom is 0.325 e. The predicted molar refractivity (Wildman–Crippen MR) is 64.0 cm³/mol. The first-order valence-electron chi connectivity index (χ1n) is 4.76. The third-order valence-corrected chi connectivity index (χ3v) is 2.59. The number of rotatable bonds is 4. The van der Waals surface area contributed by atoms with E-state index < -0.39 is 0 Å². The Morgan fingerprint density at radius 1 is 1.53 bits per heavy atom. The Bertz CT molecular complexity index is 352. The quantitative estimate of drug-likeness (QED) is 0.856. The van der Waals surface area contributed by atoms with Crippen LogP contribution in [0.15, 0.2) is 22.7 Å². The molecule has 0 bridgehead atoms. The molecule has 0 radical (unpaired) electrons. The number of hydrogen-bond acceptors (Lipinski definition) is 3. The first-order chi connectivity index (χ1) is 7.17. The Balaban J connectivity index is 2.72. The number of carbonyl (C=O) groups excluding carboxylic acids is 1. The number of carbonyl (C=O) groups is 1. The fraction of sp³-hybridized carbons (Fsp3) is 0.364. The Kier molecular flexibility index (Phi) is 4.62. The van der Waals surface area contributed by atoms with Gasteiger partial charge >= 0.3 is 5.97 Å². The van der Waals surface area contributed by atoms with Crippen LogP contribution in [-0.2, 0) is 16.0 Å². The van der Waals surface area contributed by atoms with E-state index in [4.69, 9.17) is 0 Å². The second-order valence-corrected chi connectivity index (χ2v) is 4.00. The van der Waals surface area contributed by atoms with Crippen molar-refractivity contribution in [3.63, 3.8) is 0 Å². The molecular weight excluding hydrogens is 258 g/mol. The van der Waals surface area contributed by atoms with E-state index in [-0.39, 0.29) is 12.5 Å². The molecular formula is C11H14BrNO2. The van der Waals surface area contributed by atoms with Gasteiger partial charge in [0.2, 0.25) is 0 Å². The van der Waals surface area contributed by atoms with Crippen molar-refractivity contribution >= 4 is 27.6 Å². The van der Waals surface area contributed by atoms with Gasteiger partial charge in [-0.1, -0.05) is 22.9 Å². The van der Waals surface area contributed by atoms with Gasteiger partial charge in [-0.2, -0.15) is 0 Å². The van der Waals surface area contributed by atoms with Gasteiger partial charge in [-0.05, 0) is 30.2 Å². The molecule has 0 aromatic heterocycles. The first-order valence-corrected chi connectivity index (χ1v) is 5.55. The van der Waals surface area contributed by atoms with E-state index in [0.717, 1.165) is 16.6 Å². The fourth-order valence-corrected chi connectivity index (χ4v) is 1.68. The van der Waals surface area contributed by atoms with Crippen LogP contribution in [0, 0.1) is 0 Å². The summed E-state index contributed by atoms with van der Waals surface area (Å²) in [6, 6.07) is 5.93. The van der Waals surface area contributed by atoms with Crippen LogP contribution in [0.5, 0.6) is 0 Å². The lowest BCUT2D eigenvalue weighted by molar-refractivity contribution is -0.138. The lowest BCUT2D eigenvalue weighted by Crippen LogP contribution is -2.15. The molecule has 0 aliphatic heterocycles. The van der Waals surface area contributed by atoms with Crippen LogP contribution in [0.3, 0.4) is 0 Å². The number of methoxy groups -OCH3 is 1. The highest BCUT2D eigenvalue weighted by Crippen LogP contribution is 2.21. The van der Waals surface area contributed by atoms with Crippen LogP contribution in [0.2, 0.25) is 0 Å². The number of hydrogen-bond donors (Lipinski definition) is 1. The maximum absolute atomic E-state index is 11.0. The SMILES string of the molecule is CCc1cc(Br)ccc1NCC(=O)OC. The number of benzene rings is 1. The minimum atomic E-state index is -0.264. The molecule has 1 aromatic rings. The van der Waals surface area contributed by atoms with Crippen molar-refractivity contribution in [3.8, 4) is 0 Å². The largest absolute Gasteiger partial charge is 0.468 e. The van der Waals surface area contributed by atoms with Gasteiger partial charge in [0.1, 0.15) is 6.54 Å². The van der Waals surface area contributed by atoms with Gasteiger partial charge < -0.3 is 10.1 Å². The lowest BCUT2D eigenvalue weighted by Gasteiger charge is -2.10. The van der Waals surface area contributed by atoms with Crippen molar-refractivity contribution in [2.24, 2.45) is 0 Å². The van der Waals surface area contributed by atoms with Gasteiger partial charge in [-0.25, -0.2) is 0 Å². The number of halogens is 1. The Hall–Kier alpha value is -1.03. The van der Waals surface area contributed by atoms with Crippen LogP contribution in [0.4, 0.5) is 5.69 Å². The molecule has 82 valence electrons. The zero-order valence-corrected chi connectivity index (χ0v) is 10.4. The number of anilines is 1. The average molecular weight is 272 g/mol. The molecule has 1 rings (SSSR count). The Morgan fingerprint density at radius 3 is 2.87 bits per heavy atom. The highest BCUT2D eigenvalue weighted by atomic mass is 79.9. The van der Waals surface area contributed by atoms with Gasteiger partial charge in [-0.15, -0.1) is 0 Å². The molecule has 1 aromatic carbocycles. The summed E-state index contributed by atoms with van der Waals surface area (Å²) in [5.41, 5.74) is 2.15. The molecule has 0 atom stereocenters.